The molecule has 0 unspecified atom stereocenters. The van der Waals surface area contributed by atoms with E-state index < -0.39 is 15.8 Å². The van der Waals surface area contributed by atoms with E-state index in [2.05, 4.69) is 10.6 Å². The average molecular weight is 373 g/mol. The Bertz CT molecular complexity index is 703. The SMILES string of the molecule is COc1cc(F)cc(CNC(=O)NCC2CCN(S(C)(=O)=O)CC2)c1. The maximum absolute atomic E-state index is 13.4. The molecule has 25 heavy (non-hydrogen) atoms. The zero-order valence-electron chi connectivity index (χ0n) is 14.4. The van der Waals surface area contributed by atoms with Gasteiger partial charge in [-0.15, -0.1) is 0 Å². The number of amides is 2. The van der Waals surface area contributed by atoms with Crippen LogP contribution in [0.2, 0.25) is 0 Å². The van der Waals surface area contributed by atoms with Crippen molar-refractivity contribution in [3.8, 4) is 5.75 Å². The molecule has 2 amide bonds. The van der Waals surface area contributed by atoms with Crippen molar-refractivity contribution < 1.29 is 22.3 Å². The molecule has 1 aromatic carbocycles. The maximum Gasteiger partial charge on any atom is 0.315 e. The summed E-state index contributed by atoms with van der Waals surface area (Å²) in [7, 11) is -1.68. The summed E-state index contributed by atoms with van der Waals surface area (Å²) in [5, 5.41) is 5.45. The molecular weight excluding hydrogens is 349 g/mol. The average Bonchev–Trinajstić information content (AvgIpc) is 2.57. The Kier molecular flexibility index (Phi) is 6.60. The molecule has 2 N–H and O–H groups in total. The quantitative estimate of drug-likeness (QED) is 0.787. The van der Waals surface area contributed by atoms with Gasteiger partial charge in [-0.2, -0.15) is 0 Å². The van der Waals surface area contributed by atoms with Gasteiger partial charge in [-0.05, 0) is 36.5 Å². The summed E-state index contributed by atoms with van der Waals surface area (Å²) in [6, 6.07) is 3.93. The second-order valence-corrected chi connectivity index (χ2v) is 8.15. The fourth-order valence-corrected chi connectivity index (χ4v) is 3.64. The van der Waals surface area contributed by atoms with Gasteiger partial charge in [0, 0.05) is 32.2 Å². The first kappa shape index (κ1) is 19.5. The van der Waals surface area contributed by atoms with Gasteiger partial charge in [0.1, 0.15) is 11.6 Å². The van der Waals surface area contributed by atoms with Crippen molar-refractivity contribution in [2.75, 3.05) is 33.0 Å². The predicted molar refractivity (Wildman–Crippen MR) is 92.3 cm³/mol. The van der Waals surface area contributed by atoms with Gasteiger partial charge in [0.15, 0.2) is 0 Å². The van der Waals surface area contributed by atoms with Gasteiger partial charge in [-0.3, -0.25) is 0 Å². The number of methoxy groups -OCH3 is 1. The zero-order valence-corrected chi connectivity index (χ0v) is 15.2. The Morgan fingerprint density at radius 2 is 1.96 bits per heavy atom. The molecule has 0 radical (unpaired) electrons. The highest BCUT2D eigenvalue weighted by molar-refractivity contribution is 7.88. The van der Waals surface area contributed by atoms with Crippen LogP contribution in [0.1, 0.15) is 18.4 Å². The summed E-state index contributed by atoms with van der Waals surface area (Å²) in [6.45, 7) is 1.63. The Hall–Kier alpha value is -1.87. The molecule has 7 nitrogen and oxygen atoms in total. The third kappa shape index (κ3) is 6.17. The summed E-state index contributed by atoms with van der Waals surface area (Å²) < 4.78 is 42.8. The largest absolute Gasteiger partial charge is 0.497 e. The van der Waals surface area contributed by atoms with Crippen LogP contribution in [0.15, 0.2) is 18.2 Å². The normalized spacial score (nSPS) is 16.4. The number of hydrogen-bond donors (Lipinski definition) is 2. The number of urea groups is 1. The second kappa shape index (κ2) is 8.48. The number of carbonyl (C=O) groups excluding carboxylic acids is 1. The first-order valence-electron chi connectivity index (χ1n) is 8.08. The maximum atomic E-state index is 13.4. The lowest BCUT2D eigenvalue weighted by atomic mass is 9.98. The van der Waals surface area contributed by atoms with Crippen molar-refractivity contribution in [3.63, 3.8) is 0 Å². The van der Waals surface area contributed by atoms with E-state index in [0.717, 1.165) is 0 Å². The van der Waals surface area contributed by atoms with Gasteiger partial charge in [0.2, 0.25) is 10.0 Å². The standard InChI is InChI=1S/C16H24FN3O4S/c1-24-15-8-13(7-14(17)9-15)11-19-16(21)18-10-12-3-5-20(6-4-12)25(2,22)23/h7-9,12H,3-6,10-11H2,1-2H3,(H2,18,19,21). The van der Waals surface area contributed by atoms with Crippen LogP contribution in [0.3, 0.4) is 0 Å². The third-order valence-corrected chi connectivity index (χ3v) is 5.52. The van der Waals surface area contributed by atoms with Crippen molar-refractivity contribution in [1.29, 1.82) is 0 Å². The number of halogens is 1. The van der Waals surface area contributed by atoms with Crippen molar-refractivity contribution in [2.24, 2.45) is 5.92 Å². The first-order valence-corrected chi connectivity index (χ1v) is 9.93. The molecule has 140 valence electrons. The van der Waals surface area contributed by atoms with Crippen LogP contribution in [-0.2, 0) is 16.6 Å². The van der Waals surface area contributed by atoms with Gasteiger partial charge in [-0.1, -0.05) is 0 Å². The molecule has 1 heterocycles. The van der Waals surface area contributed by atoms with Crippen molar-refractivity contribution in [1.82, 2.24) is 14.9 Å². The van der Waals surface area contributed by atoms with E-state index in [1.54, 1.807) is 6.07 Å². The lowest BCUT2D eigenvalue weighted by Crippen LogP contribution is -2.43. The number of ether oxygens (including phenoxy) is 1. The molecule has 1 saturated heterocycles. The minimum Gasteiger partial charge on any atom is -0.497 e. The summed E-state index contributed by atoms with van der Waals surface area (Å²) in [6.07, 6.45) is 2.64. The number of benzene rings is 1. The molecule has 9 heteroatoms. The highest BCUT2D eigenvalue weighted by Gasteiger charge is 2.24. The monoisotopic (exact) mass is 373 g/mol. The van der Waals surface area contributed by atoms with E-state index in [1.165, 1.54) is 29.8 Å². The summed E-state index contributed by atoms with van der Waals surface area (Å²) >= 11 is 0. The van der Waals surface area contributed by atoms with Gasteiger partial charge in [-0.25, -0.2) is 21.9 Å². The van der Waals surface area contributed by atoms with E-state index in [-0.39, 0.29) is 18.5 Å². The van der Waals surface area contributed by atoms with Crippen LogP contribution in [0.5, 0.6) is 5.75 Å². The lowest BCUT2D eigenvalue weighted by molar-refractivity contribution is 0.230. The van der Waals surface area contributed by atoms with Crippen LogP contribution in [0.4, 0.5) is 9.18 Å². The number of sulfonamides is 1. The van der Waals surface area contributed by atoms with E-state index in [1.807, 2.05) is 0 Å². The van der Waals surface area contributed by atoms with Crippen LogP contribution in [0.25, 0.3) is 0 Å². The molecule has 1 aliphatic heterocycles. The molecule has 0 saturated carbocycles. The Balaban J connectivity index is 1.72. The van der Waals surface area contributed by atoms with Gasteiger partial charge >= 0.3 is 6.03 Å². The number of piperidine rings is 1. The van der Waals surface area contributed by atoms with Crippen molar-refractivity contribution in [2.45, 2.75) is 19.4 Å². The molecule has 0 bridgehead atoms. The molecule has 0 aliphatic carbocycles. The fraction of sp³-hybridized carbons (Fsp3) is 0.562. The fourth-order valence-electron chi connectivity index (χ4n) is 2.77. The van der Waals surface area contributed by atoms with E-state index in [9.17, 15) is 17.6 Å². The molecule has 1 aromatic rings. The second-order valence-electron chi connectivity index (χ2n) is 6.17. The minimum absolute atomic E-state index is 0.187. The molecule has 2 rings (SSSR count). The number of carbonyl (C=O) groups is 1. The van der Waals surface area contributed by atoms with Crippen LogP contribution in [-0.4, -0.2) is 51.8 Å². The van der Waals surface area contributed by atoms with Crippen LogP contribution in [0, 0.1) is 11.7 Å². The minimum atomic E-state index is -3.14. The van der Waals surface area contributed by atoms with E-state index >= 15 is 0 Å². The van der Waals surface area contributed by atoms with Crippen molar-refractivity contribution in [3.05, 3.63) is 29.6 Å². The number of nitrogens with zero attached hydrogens (tertiary/aromatic N) is 1. The lowest BCUT2D eigenvalue weighted by Gasteiger charge is -2.30. The number of nitrogens with one attached hydrogen (secondary N) is 2. The number of rotatable bonds is 6. The predicted octanol–water partition coefficient (Wildman–Crippen LogP) is 1.31. The topological polar surface area (TPSA) is 87.7 Å². The van der Waals surface area contributed by atoms with Crippen LogP contribution >= 0.6 is 0 Å². The first-order chi connectivity index (χ1) is 11.8. The Morgan fingerprint density at radius 1 is 1.28 bits per heavy atom. The summed E-state index contributed by atoms with van der Waals surface area (Å²) in [4.78, 5) is 11.9. The smallest absolute Gasteiger partial charge is 0.315 e. The third-order valence-electron chi connectivity index (χ3n) is 4.21. The molecule has 1 aliphatic rings. The molecular formula is C16H24FN3O4S. The van der Waals surface area contributed by atoms with Gasteiger partial charge in [0.05, 0.1) is 13.4 Å². The highest BCUT2D eigenvalue weighted by atomic mass is 32.2. The van der Waals surface area contributed by atoms with Gasteiger partial charge in [0.25, 0.3) is 0 Å². The molecule has 0 spiro atoms. The molecule has 0 aromatic heterocycles. The summed E-state index contributed by atoms with van der Waals surface area (Å²) in [5.74, 6) is 0.224. The van der Waals surface area contributed by atoms with E-state index in [4.69, 9.17) is 4.74 Å². The Morgan fingerprint density at radius 3 is 2.56 bits per heavy atom. The van der Waals surface area contributed by atoms with Crippen LogP contribution < -0.4 is 15.4 Å². The summed E-state index contributed by atoms with van der Waals surface area (Å²) in [5.41, 5.74) is 0.605. The molecule has 0 atom stereocenters. The zero-order chi connectivity index (χ0) is 18.4. The molecule has 1 fully saturated rings. The van der Waals surface area contributed by atoms with Crippen molar-refractivity contribution >= 4 is 16.1 Å². The number of hydrogen-bond acceptors (Lipinski definition) is 4. The van der Waals surface area contributed by atoms with Gasteiger partial charge < -0.3 is 15.4 Å². The Labute approximate surface area is 147 Å². The van der Waals surface area contributed by atoms with E-state index in [0.29, 0.717) is 43.8 Å². The highest BCUT2D eigenvalue weighted by Crippen LogP contribution is 2.18.